The van der Waals surface area contributed by atoms with Gasteiger partial charge in [-0.1, -0.05) is 61.9 Å². The number of fused-ring (bicyclic) bond motifs is 6. The van der Waals surface area contributed by atoms with Crippen LogP contribution in [0.4, 0.5) is 11.4 Å². The van der Waals surface area contributed by atoms with Gasteiger partial charge >= 0.3 is 5.97 Å². The van der Waals surface area contributed by atoms with Crippen molar-refractivity contribution in [1.82, 2.24) is 0 Å². The second-order valence-corrected chi connectivity index (χ2v) is 25.5. The largest absolute Gasteiger partial charge is 0.481 e. The molecule has 2 aliphatic heterocycles. The first kappa shape index (κ1) is 65.0. The molecule has 0 fully saturated rings. The van der Waals surface area contributed by atoms with Crippen LogP contribution in [0.1, 0.15) is 70.4 Å². The zero-order valence-corrected chi connectivity index (χ0v) is 49.1. The van der Waals surface area contributed by atoms with E-state index in [4.69, 9.17) is 28.4 Å². The summed E-state index contributed by atoms with van der Waals surface area (Å²) in [6.45, 7) is 9.48. The third-order valence-electron chi connectivity index (χ3n) is 14.5. The van der Waals surface area contributed by atoms with E-state index in [1.807, 2.05) is 43.9 Å². The molecule has 2 aliphatic rings. The standard InChI is InChI=1S/C55H72N2O20S4/c1-6-56-45-20-18-41-43(35-39(78(60,61)62)37-47(41)80(66,67)68)52(45)54(2,22-25-74-31-33-76-29-27-72-4)49(56)15-11-8-7-9-12-16-50-55(3,23-26-75-32-34-77-30-28-73-5)53-44-36-40(79(63,64)65)38-48(81(69,70)71)42(44)19-21-46(53)57(50)24-14-10-13-17-51(58)59/h7-9,11-12,15-16,18-21,35-38,49H,6,10,13-14,17,22-34H2,1-5H3,(H,58,59)(H,60,61,62)(H,63,64,65)(H,66,67,68)(H,69,70,71). The molecule has 0 amide bonds. The maximum Gasteiger partial charge on any atom is 0.303 e. The highest BCUT2D eigenvalue weighted by molar-refractivity contribution is 7.87. The summed E-state index contributed by atoms with van der Waals surface area (Å²) >= 11 is 0. The highest BCUT2D eigenvalue weighted by Crippen LogP contribution is 2.55. The minimum absolute atomic E-state index is 0.00750. The Morgan fingerprint density at radius 2 is 1.05 bits per heavy atom. The van der Waals surface area contributed by atoms with Gasteiger partial charge in [0.05, 0.1) is 68.7 Å². The van der Waals surface area contributed by atoms with Gasteiger partial charge in [0.15, 0.2) is 0 Å². The number of nitrogens with zero attached hydrogens (tertiary/aromatic N) is 2. The van der Waals surface area contributed by atoms with Gasteiger partial charge in [0.25, 0.3) is 40.5 Å². The minimum atomic E-state index is -5.04. The lowest BCUT2D eigenvalue weighted by atomic mass is 9.74. The Labute approximate surface area is 474 Å². The highest BCUT2D eigenvalue weighted by Gasteiger charge is 2.48. The van der Waals surface area contributed by atoms with Crippen LogP contribution in [0.5, 0.6) is 0 Å². The number of ether oxygens (including phenoxy) is 6. The van der Waals surface area contributed by atoms with Gasteiger partial charge in [-0.25, -0.2) is 0 Å². The van der Waals surface area contributed by atoms with Gasteiger partial charge in [0.1, 0.15) is 9.79 Å². The van der Waals surface area contributed by atoms with Crippen LogP contribution in [0.3, 0.4) is 0 Å². The zero-order chi connectivity index (χ0) is 59.4. The minimum Gasteiger partial charge on any atom is -0.481 e. The van der Waals surface area contributed by atoms with Crippen molar-refractivity contribution in [2.45, 2.75) is 95.7 Å². The molecule has 0 saturated carbocycles. The normalized spacial score (nSPS) is 19.4. The van der Waals surface area contributed by atoms with Crippen LogP contribution in [0.25, 0.3) is 21.5 Å². The number of benzene rings is 4. The molecule has 4 aromatic carbocycles. The van der Waals surface area contributed by atoms with E-state index in [9.17, 15) is 61.8 Å². The van der Waals surface area contributed by atoms with E-state index in [0.29, 0.717) is 106 Å². The van der Waals surface area contributed by atoms with E-state index >= 15 is 0 Å². The highest BCUT2D eigenvalue weighted by atomic mass is 32.2. The first-order valence-electron chi connectivity index (χ1n) is 26.1. The Kier molecular flexibility index (Phi) is 22.4. The third-order valence-corrected chi connectivity index (χ3v) is 18.0. The second kappa shape index (κ2) is 27.9. The third kappa shape index (κ3) is 15.7. The fourth-order valence-electron chi connectivity index (χ4n) is 10.7. The van der Waals surface area contributed by atoms with Gasteiger partial charge in [-0.3, -0.25) is 23.0 Å². The van der Waals surface area contributed by atoms with Crippen molar-refractivity contribution in [3.05, 3.63) is 108 Å². The molecule has 446 valence electrons. The summed E-state index contributed by atoms with van der Waals surface area (Å²) < 4.78 is 176. The Hall–Kier alpha value is -5.17. The maximum absolute atomic E-state index is 12.9. The van der Waals surface area contributed by atoms with Crippen LogP contribution in [-0.2, 0) is 84.5 Å². The molecule has 2 heterocycles. The van der Waals surface area contributed by atoms with Crippen molar-refractivity contribution in [3.63, 3.8) is 0 Å². The van der Waals surface area contributed by atoms with E-state index in [1.165, 1.54) is 24.3 Å². The molecule has 22 nitrogen and oxygen atoms in total. The summed E-state index contributed by atoms with van der Waals surface area (Å²) in [5.41, 5.74) is 1.04. The summed E-state index contributed by atoms with van der Waals surface area (Å²) in [6.07, 6.45) is 14.8. The fraction of sp³-hybridized carbons (Fsp3) is 0.473. The Morgan fingerprint density at radius 1 is 0.568 bits per heavy atom. The van der Waals surface area contributed by atoms with E-state index < -0.39 is 82.9 Å². The molecule has 81 heavy (non-hydrogen) atoms. The molecule has 3 atom stereocenters. The lowest BCUT2D eigenvalue weighted by molar-refractivity contribution is -0.137. The predicted molar refractivity (Wildman–Crippen MR) is 304 cm³/mol. The number of likely N-dealkylation sites (N-methyl/N-ethyl adjacent to an activating group) is 1. The number of rotatable bonds is 33. The quantitative estimate of drug-likeness (QED) is 0.0174. The number of carboxylic acids is 1. The van der Waals surface area contributed by atoms with E-state index in [-0.39, 0.29) is 67.4 Å². The van der Waals surface area contributed by atoms with E-state index in [2.05, 4.69) is 4.90 Å². The van der Waals surface area contributed by atoms with Gasteiger partial charge < -0.3 is 43.3 Å². The van der Waals surface area contributed by atoms with Crippen molar-refractivity contribution in [1.29, 1.82) is 0 Å². The maximum atomic E-state index is 12.9. The number of unbranched alkanes of at least 4 members (excludes halogenated alkanes) is 2. The number of hydrogen-bond acceptors (Lipinski definition) is 17. The summed E-state index contributed by atoms with van der Waals surface area (Å²) in [5.74, 6) is -0.934. The summed E-state index contributed by atoms with van der Waals surface area (Å²) in [6, 6.07) is 9.72. The van der Waals surface area contributed by atoms with Crippen LogP contribution >= 0.6 is 0 Å². The predicted octanol–water partition coefficient (Wildman–Crippen LogP) is 7.56. The molecule has 4 aromatic rings. The first-order chi connectivity index (χ1) is 38.2. The zero-order valence-electron chi connectivity index (χ0n) is 45.9. The van der Waals surface area contributed by atoms with Crippen LogP contribution in [0.15, 0.2) is 116 Å². The molecule has 3 unspecified atom stereocenters. The van der Waals surface area contributed by atoms with Crippen LogP contribution in [0, 0.1) is 0 Å². The Morgan fingerprint density at radius 3 is 1.56 bits per heavy atom. The lowest BCUT2D eigenvalue weighted by Gasteiger charge is -2.35. The Bertz CT molecular complexity index is 3490. The van der Waals surface area contributed by atoms with Crippen molar-refractivity contribution < 1.29 is 90.2 Å². The molecule has 0 radical (unpaired) electrons. The average Bonchev–Trinajstić information content (AvgIpc) is 3.80. The summed E-state index contributed by atoms with van der Waals surface area (Å²) in [7, 11) is -16.9. The van der Waals surface area contributed by atoms with Crippen molar-refractivity contribution >= 4 is 79.4 Å². The van der Waals surface area contributed by atoms with Crippen LogP contribution in [-0.4, -0.2) is 162 Å². The summed E-state index contributed by atoms with van der Waals surface area (Å²) in [5, 5.41) is 9.73. The van der Waals surface area contributed by atoms with Crippen molar-refractivity contribution in [3.8, 4) is 0 Å². The molecule has 0 spiro atoms. The van der Waals surface area contributed by atoms with Gasteiger partial charge in [-0.2, -0.15) is 33.7 Å². The first-order valence-corrected chi connectivity index (χ1v) is 31.9. The Balaban J connectivity index is 1.41. The molecular formula is C55H72N2O20S4. The van der Waals surface area contributed by atoms with Gasteiger partial charge in [0.2, 0.25) is 0 Å². The monoisotopic (exact) mass is 1210 g/mol. The fourth-order valence-corrected chi connectivity index (χ4v) is 13.4. The number of carbonyl (C=O) groups is 1. The number of anilines is 2. The summed E-state index contributed by atoms with van der Waals surface area (Å²) in [4.78, 5) is 12.6. The topological polar surface area (TPSA) is 317 Å². The van der Waals surface area contributed by atoms with Gasteiger partial charge in [-0.15, -0.1) is 0 Å². The molecule has 0 bridgehead atoms. The molecule has 0 saturated heterocycles. The van der Waals surface area contributed by atoms with Gasteiger partial charge in [0, 0.05) is 85.6 Å². The van der Waals surface area contributed by atoms with Crippen molar-refractivity contribution in [2.24, 2.45) is 0 Å². The smallest absolute Gasteiger partial charge is 0.303 e. The van der Waals surface area contributed by atoms with Gasteiger partial charge in [-0.05, 0) is 104 Å². The lowest BCUT2D eigenvalue weighted by Crippen LogP contribution is -2.42. The van der Waals surface area contributed by atoms with Crippen LogP contribution in [0.2, 0.25) is 0 Å². The van der Waals surface area contributed by atoms with Crippen LogP contribution < -0.4 is 9.80 Å². The number of hydrogen-bond donors (Lipinski definition) is 5. The molecule has 6 rings (SSSR count). The SMILES string of the molecule is CCN1c2ccc3c(S(=O)(=O)O)cc(S(=O)(=O)O)cc3c2C(C)(CCOCCOCCOC)C1C=CC=CC=CC=C1N(CCCCCC(=O)O)c2ccc3c(S(=O)(=O)O)cc(S(=O)(=O)O)cc3c2C1(C)CCOCCOCCOC. The molecule has 26 heteroatoms. The number of allylic oxidation sites excluding steroid dienone is 7. The molecule has 0 aromatic heterocycles. The second-order valence-electron chi connectivity index (χ2n) is 19.8. The average molecular weight is 1210 g/mol. The van der Waals surface area contributed by atoms with E-state index in [1.54, 1.807) is 50.7 Å². The molecule has 0 aliphatic carbocycles. The molecular weight excluding hydrogens is 1140 g/mol. The van der Waals surface area contributed by atoms with Crippen molar-refractivity contribution in [2.75, 3.05) is 103 Å². The number of aliphatic carboxylic acids is 1. The molecule has 5 N–H and O–H groups in total. The number of methoxy groups -OCH3 is 2. The van der Waals surface area contributed by atoms with E-state index in [0.717, 1.165) is 6.07 Å². The number of carboxylic acid groups (broad SMARTS) is 1.